The van der Waals surface area contributed by atoms with Crippen molar-refractivity contribution >= 4 is 5.91 Å². The molecule has 1 aromatic rings. The van der Waals surface area contributed by atoms with E-state index in [-0.39, 0.29) is 23.6 Å². The lowest BCUT2D eigenvalue weighted by Gasteiger charge is -2.06. The highest BCUT2D eigenvalue weighted by Gasteiger charge is 2.05. The Morgan fingerprint density at radius 3 is 3.00 bits per heavy atom. The molecule has 0 fully saturated rings. The maximum Gasteiger partial charge on any atom is 0.251 e. The van der Waals surface area contributed by atoms with E-state index in [0.717, 1.165) is 0 Å². The van der Waals surface area contributed by atoms with Gasteiger partial charge in [-0.1, -0.05) is 0 Å². The minimum atomic E-state index is -0.596. The number of pyridine rings is 1. The van der Waals surface area contributed by atoms with Gasteiger partial charge in [0.15, 0.2) is 0 Å². The highest BCUT2D eigenvalue weighted by Crippen LogP contribution is 1.92. The van der Waals surface area contributed by atoms with Crippen LogP contribution < -0.4 is 10.9 Å². The minimum Gasteiger partial charge on any atom is -0.392 e. The quantitative estimate of drug-likeness (QED) is 0.608. The Hall–Kier alpha value is -1.62. The van der Waals surface area contributed by atoms with Gasteiger partial charge in [0, 0.05) is 24.4 Å². The van der Waals surface area contributed by atoms with Crippen LogP contribution in [0.4, 0.5) is 0 Å². The number of aromatic nitrogens is 1. The lowest BCUT2D eigenvalue weighted by Crippen LogP contribution is -2.31. The molecular formula is C9H12N2O3. The number of H-pyrrole nitrogens is 1. The molecule has 3 N–H and O–H groups in total. The predicted octanol–water partition coefficient (Wildman–Crippen LogP) is -0.514. The van der Waals surface area contributed by atoms with E-state index in [2.05, 4.69) is 10.3 Å². The van der Waals surface area contributed by atoms with E-state index in [9.17, 15) is 9.59 Å². The molecule has 0 saturated heterocycles. The predicted molar refractivity (Wildman–Crippen MR) is 51.1 cm³/mol. The molecule has 1 rings (SSSR count). The van der Waals surface area contributed by atoms with Crippen molar-refractivity contribution in [3.05, 3.63) is 34.2 Å². The third kappa shape index (κ3) is 3.02. The maximum atomic E-state index is 11.3. The monoisotopic (exact) mass is 196 g/mol. The molecule has 0 aromatic carbocycles. The highest BCUT2D eigenvalue weighted by atomic mass is 16.3. The molecule has 1 amide bonds. The minimum absolute atomic E-state index is 0.172. The third-order valence-corrected chi connectivity index (χ3v) is 1.60. The highest BCUT2D eigenvalue weighted by molar-refractivity contribution is 5.93. The van der Waals surface area contributed by atoms with Crippen LogP contribution in [0, 0.1) is 0 Å². The number of nitrogens with one attached hydrogen (secondary N) is 2. The molecule has 1 heterocycles. The molecule has 0 aliphatic heterocycles. The molecule has 5 nitrogen and oxygen atoms in total. The van der Waals surface area contributed by atoms with Gasteiger partial charge in [-0.3, -0.25) is 9.59 Å². The molecule has 1 aromatic heterocycles. The van der Waals surface area contributed by atoms with Gasteiger partial charge in [-0.15, -0.1) is 0 Å². The van der Waals surface area contributed by atoms with Gasteiger partial charge in [0.1, 0.15) is 0 Å². The first kappa shape index (κ1) is 10.5. The van der Waals surface area contributed by atoms with Crippen LogP contribution in [-0.4, -0.2) is 28.6 Å². The second kappa shape index (κ2) is 4.57. The van der Waals surface area contributed by atoms with E-state index in [1.54, 1.807) is 6.92 Å². The van der Waals surface area contributed by atoms with Crippen molar-refractivity contribution in [2.75, 3.05) is 6.54 Å². The summed E-state index contributed by atoms with van der Waals surface area (Å²) >= 11 is 0. The molecule has 76 valence electrons. The third-order valence-electron chi connectivity index (χ3n) is 1.60. The topological polar surface area (TPSA) is 82.2 Å². The number of carbonyl (C=O) groups is 1. The fourth-order valence-electron chi connectivity index (χ4n) is 0.928. The Bertz CT molecular complexity index is 370. The van der Waals surface area contributed by atoms with Gasteiger partial charge in [-0.2, -0.15) is 0 Å². The SMILES string of the molecule is C[C@H](O)CNC(=O)c1cc[nH]c(=O)c1. The number of aliphatic hydroxyl groups is 1. The van der Waals surface area contributed by atoms with Crippen molar-refractivity contribution in [3.63, 3.8) is 0 Å². The summed E-state index contributed by atoms with van der Waals surface area (Å²) < 4.78 is 0. The number of hydrogen-bond acceptors (Lipinski definition) is 3. The summed E-state index contributed by atoms with van der Waals surface area (Å²) in [5.41, 5.74) is -0.0379. The van der Waals surface area contributed by atoms with Crippen LogP contribution in [0.3, 0.4) is 0 Å². The van der Waals surface area contributed by atoms with Crippen molar-refractivity contribution in [1.82, 2.24) is 10.3 Å². The summed E-state index contributed by atoms with van der Waals surface area (Å²) in [6, 6.07) is 2.70. The maximum absolute atomic E-state index is 11.3. The van der Waals surface area contributed by atoms with Crippen LogP contribution in [0.1, 0.15) is 17.3 Å². The molecule has 5 heteroatoms. The standard InChI is InChI=1S/C9H12N2O3/c1-6(12)5-11-9(14)7-2-3-10-8(13)4-7/h2-4,6,12H,5H2,1H3,(H,10,13)(H,11,14)/t6-/m0/s1. The van der Waals surface area contributed by atoms with Crippen molar-refractivity contribution in [1.29, 1.82) is 0 Å². The van der Waals surface area contributed by atoms with E-state index in [1.165, 1.54) is 18.3 Å². The summed E-state index contributed by atoms with van der Waals surface area (Å²) in [6.07, 6.45) is 0.806. The lowest BCUT2D eigenvalue weighted by atomic mass is 10.2. The van der Waals surface area contributed by atoms with Crippen molar-refractivity contribution in [3.8, 4) is 0 Å². The van der Waals surface area contributed by atoms with Crippen molar-refractivity contribution < 1.29 is 9.90 Å². The van der Waals surface area contributed by atoms with E-state index in [1.807, 2.05) is 0 Å². The van der Waals surface area contributed by atoms with Gasteiger partial charge in [0.25, 0.3) is 5.91 Å². The average molecular weight is 196 g/mol. The van der Waals surface area contributed by atoms with Gasteiger partial charge in [0.2, 0.25) is 5.56 Å². The fourth-order valence-corrected chi connectivity index (χ4v) is 0.928. The normalized spacial score (nSPS) is 12.1. The zero-order chi connectivity index (χ0) is 10.6. The molecule has 14 heavy (non-hydrogen) atoms. The number of aliphatic hydroxyl groups excluding tert-OH is 1. The first-order chi connectivity index (χ1) is 6.59. The van der Waals surface area contributed by atoms with E-state index >= 15 is 0 Å². The number of amides is 1. The molecule has 0 radical (unpaired) electrons. The molecule has 0 unspecified atom stereocenters. The van der Waals surface area contributed by atoms with Crippen LogP contribution in [0.15, 0.2) is 23.1 Å². The second-order valence-corrected chi connectivity index (χ2v) is 3.00. The second-order valence-electron chi connectivity index (χ2n) is 3.00. The summed E-state index contributed by atoms with van der Waals surface area (Å²) in [4.78, 5) is 24.6. The molecule has 1 atom stereocenters. The Kier molecular flexibility index (Phi) is 3.41. The molecule has 0 bridgehead atoms. The molecular weight excluding hydrogens is 184 g/mol. The Morgan fingerprint density at radius 1 is 1.71 bits per heavy atom. The Morgan fingerprint density at radius 2 is 2.43 bits per heavy atom. The van der Waals surface area contributed by atoms with Gasteiger partial charge in [-0.05, 0) is 13.0 Å². The van der Waals surface area contributed by atoms with Crippen molar-refractivity contribution in [2.45, 2.75) is 13.0 Å². The number of hydrogen-bond donors (Lipinski definition) is 3. The Balaban J connectivity index is 2.65. The van der Waals surface area contributed by atoms with Crippen LogP contribution in [-0.2, 0) is 0 Å². The van der Waals surface area contributed by atoms with Crippen LogP contribution >= 0.6 is 0 Å². The summed E-state index contributed by atoms with van der Waals surface area (Å²) in [6.45, 7) is 1.74. The summed E-state index contributed by atoms with van der Waals surface area (Å²) in [5.74, 6) is -0.364. The smallest absolute Gasteiger partial charge is 0.251 e. The van der Waals surface area contributed by atoms with Crippen LogP contribution in [0.2, 0.25) is 0 Å². The summed E-state index contributed by atoms with van der Waals surface area (Å²) in [5, 5.41) is 11.4. The number of rotatable bonds is 3. The van der Waals surface area contributed by atoms with Crippen molar-refractivity contribution in [2.24, 2.45) is 0 Å². The van der Waals surface area contributed by atoms with E-state index < -0.39 is 6.10 Å². The van der Waals surface area contributed by atoms with Gasteiger partial charge in [0.05, 0.1) is 6.10 Å². The Labute approximate surface area is 80.8 Å². The van der Waals surface area contributed by atoms with Crippen LogP contribution in [0.5, 0.6) is 0 Å². The first-order valence-electron chi connectivity index (χ1n) is 4.24. The molecule has 0 saturated carbocycles. The first-order valence-corrected chi connectivity index (χ1v) is 4.24. The molecule has 0 aliphatic rings. The zero-order valence-corrected chi connectivity index (χ0v) is 7.78. The zero-order valence-electron chi connectivity index (χ0n) is 7.78. The molecule has 0 spiro atoms. The summed E-state index contributed by atoms with van der Waals surface area (Å²) in [7, 11) is 0. The molecule has 0 aliphatic carbocycles. The van der Waals surface area contributed by atoms with E-state index in [0.29, 0.717) is 0 Å². The number of aromatic amines is 1. The van der Waals surface area contributed by atoms with Gasteiger partial charge >= 0.3 is 0 Å². The average Bonchev–Trinajstić information content (AvgIpc) is 2.14. The van der Waals surface area contributed by atoms with Gasteiger partial charge in [-0.25, -0.2) is 0 Å². The number of carbonyl (C=O) groups excluding carboxylic acids is 1. The van der Waals surface area contributed by atoms with E-state index in [4.69, 9.17) is 5.11 Å². The van der Waals surface area contributed by atoms with Crippen LogP contribution in [0.25, 0.3) is 0 Å². The fraction of sp³-hybridized carbons (Fsp3) is 0.333. The van der Waals surface area contributed by atoms with Gasteiger partial charge < -0.3 is 15.4 Å². The lowest BCUT2D eigenvalue weighted by molar-refractivity contribution is 0.0924. The largest absolute Gasteiger partial charge is 0.392 e.